The van der Waals surface area contributed by atoms with Crippen LogP contribution < -0.4 is 10.6 Å². The average Bonchev–Trinajstić information content (AvgIpc) is 2.88. The monoisotopic (exact) mass is 420 g/mol. The summed E-state index contributed by atoms with van der Waals surface area (Å²) < 4.78 is 5.31. The first-order valence-electron chi connectivity index (χ1n) is 8.08. The van der Waals surface area contributed by atoms with E-state index < -0.39 is 0 Å². The summed E-state index contributed by atoms with van der Waals surface area (Å²) in [7, 11) is 1.81. The summed E-state index contributed by atoms with van der Waals surface area (Å²) in [4.78, 5) is 6.81. The van der Waals surface area contributed by atoms with E-state index in [4.69, 9.17) is 4.42 Å². The largest absolute Gasteiger partial charge is 0.469 e. The molecule has 0 radical (unpaired) electrons. The Balaban J connectivity index is 0.00000242. The molecule has 2 N–H and O–H groups in total. The van der Waals surface area contributed by atoms with Gasteiger partial charge in [-0.2, -0.15) is 0 Å². The third-order valence-corrected chi connectivity index (χ3v) is 3.89. The van der Waals surface area contributed by atoms with Crippen LogP contribution in [-0.4, -0.2) is 50.6 Å². The molecule has 5 nitrogen and oxygen atoms in total. The minimum absolute atomic E-state index is 0. The van der Waals surface area contributed by atoms with Gasteiger partial charge in [0.05, 0.1) is 6.26 Å². The van der Waals surface area contributed by atoms with Gasteiger partial charge in [0.2, 0.25) is 0 Å². The van der Waals surface area contributed by atoms with E-state index in [1.165, 1.54) is 38.8 Å². The Morgan fingerprint density at radius 3 is 2.55 bits per heavy atom. The lowest BCUT2D eigenvalue weighted by Crippen LogP contribution is -2.42. The molecular formula is C16H29IN4O. The van der Waals surface area contributed by atoms with Gasteiger partial charge in [0.15, 0.2) is 5.96 Å². The first-order valence-corrected chi connectivity index (χ1v) is 8.08. The number of nitrogens with one attached hydrogen (secondary N) is 2. The Morgan fingerprint density at radius 2 is 1.91 bits per heavy atom. The van der Waals surface area contributed by atoms with Crippen LogP contribution in [0.4, 0.5) is 0 Å². The number of hydrogen-bond donors (Lipinski definition) is 2. The van der Waals surface area contributed by atoms with Crippen molar-refractivity contribution in [1.82, 2.24) is 15.5 Å². The van der Waals surface area contributed by atoms with Crippen LogP contribution in [0.2, 0.25) is 0 Å². The molecule has 2 heterocycles. The van der Waals surface area contributed by atoms with Crippen LogP contribution in [0.5, 0.6) is 0 Å². The number of furan rings is 1. The molecule has 0 bridgehead atoms. The molecule has 0 unspecified atom stereocenters. The minimum Gasteiger partial charge on any atom is -0.469 e. The van der Waals surface area contributed by atoms with Crippen molar-refractivity contribution < 1.29 is 4.42 Å². The number of likely N-dealkylation sites (tertiary alicyclic amines) is 1. The summed E-state index contributed by atoms with van der Waals surface area (Å²) in [6.45, 7) is 5.36. The predicted octanol–water partition coefficient (Wildman–Crippen LogP) is 2.48. The topological polar surface area (TPSA) is 52.8 Å². The standard InChI is InChI=1S/C16H28N4O.HI/c1-17-16(18-9-8-15-7-6-14-21-15)19-10-13-20-11-4-2-3-5-12-20;/h6-7,14H,2-5,8-13H2,1H3,(H2,17,18,19);1H. The zero-order valence-electron chi connectivity index (χ0n) is 13.5. The molecular weight excluding hydrogens is 391 g/mol. The first-order chi connectivity index (χ1) is 10.4. The maximum Gasteiger partial charge on any atom is 0.191 e. The van der Waals surface area contributed by atoms with Gasteiger partial charge in [-0.1, -0.05) is 12.8 Å². The molecule has 0 aliphatic carbocycles. The van der Waals surface area contributed by atoms with Crippen molar-refractivity contribution in [3.63, 3.8) is 0 Å². The third-order valence-electron chi connectivity index (χ3n) is 3.89. The van der Waals surface area contributed by atoms with Crippen molar-refractivity contribution in [2.24, 2.45) is 4.99 Å². The zero-order valence-corrected chi connectivity index (χ0v) is 15.8. The molecule has 126 valence electrons. The molecule has 0 atom stereocenters. The molecule has 1 aliphatic heterocycles. The second-order valence-corrected chi connectivity index (χ2v) is 5.51. The van der Waals surface area contributed by atoms with Gasteiger partial charge < -0.3 is 20.0 Å². The summed E-state index contributed by atoms with van der Waals surface area (Å²) in [5, 5.41) is 6.70. The van der Waals surface area contributed by atoms with E-state index in [0.29, 0.717) is 0 Å². The molecule has 1 aliphatic rings. The van der Waals surface area contributed by atoms with Gasteiger partial charge in [-0.3, -0.25) is 4.99 Å². The van der Waals surface area contributed by atoms with Crippen LogP contribution in [0.3, 0.4) is 0 Å². The van der Waals surface area contributed by atoms with Gasteiger partial charge in [0, 0.05) is 33.1 Å². The second-order valence-electron chi connectivity index (χ2n) is 5.51. The summed E-state index contributed by atoms with van der Waals surface area (Å²) in [6.07, 6.45) is 8.05. The molecule has 1 fully saturated rings. The van der Waals surface area contributed by atoms with E-state index in [-0.39, 0.29) is 24.0 Å². The van der Waals surface area contributed by atoms with E-state index in [0.717, 1.165) is 37.8 Å². The van der Waals surface area contributed by atoms with Gasteiger partial charge in [0.25, 0.3) is 0 Å². The van der Waals surface area contributed by atoms with E-state index in [1.807, 2.05) is 19.2 Å². The summed E-state index contributed by atoms with van der Waals surface area (Å²) in [5.74, 6) is 1.87. The number of aliphatic imine (C=N–C) groups is 1. The Kier molecular flexibility index (Phi) is 10.3. The molecule has 6 heteroatoms. The molecule has 2 rings (SSSR count). The average molecular weight is 420 g/mol. The predicted molar refractivity (Wildman–Crippen MR) is 102 cm³/mol. The summed E-state index contributed by atoms with van der Waals surface area (Å²) >= 11 is 0. The normalized spacial score (nSPS) is 16.7. The van der Waals surface area contributed by atoms with Crippen LogP contribution in [0.1, 0.15) is 31.4 Å². The van der Waals surface area contributed by atoms with Gasteiger partial charge in [0.1, 0.15) is 5.76 Å². The molecule has 1 saturated heterocycles. The van der Waals surface area contributed by atoms with Crippen LogP contribution in [0.15, 0.2) is 27.8 Å². The van der Waals surface area contributed by atoms with Crippen molar-refractivity contribution >= 4 is 29.9 Å². The van der Waals surface area contributed by atoms with E-state index >= 15 is 0 Å². The lowest BCUT2D eigenvalue weighted by Gasteiger charge is -2.20. The number of rotatable bonds is 6. The highest BCUT2D eigenvalue weighted by Gasteiger charge is 2.08. The smallest absolute Gasteiger partial charge is 0.191 e. The lowest BCUT2D eigenvalue weighted by atomic mass is 10.2. The summed E-state index contributed by atoms with van der Waals surface area (Å²) in [5.41, 5.74) is 0. The van der Waals surface area contributed by atoms with Gasteiger partial charge >= 0.3 is 0 Å². The van der Waals surface area contributed by atoms with Crippen molar-refractivity contribution in [2.45, 2.75) is 32.1 Å². The second kappa shape index (κ2) is 11.8. The molecule has 1 aromatic heterocycles. The van der Waals surface area contributed by atoms with Crippen molar-refractivity contribution in [2.75, 3.05) is 39.8 Å². The highest BCUT2D eigenvalue weighted by molar-refractivity contribution is 14.0. The highest BCUT2D eigenvalue weighted by Crippen LogP contribution is 2.08. The molecule has 22 heavy (non-hydrogen) atoms. The number of hydrogen-bond acceptors (Lipinski definition) is 3. The van der Waals surface area contributed by atoms with Crippen LogP contribution in [0, 0.1) is 0 Å². The highest BCUT2D eigenvalue weighted by atomic mass is 127. The maximum atomic E-state index is 5.31. The molecule has 0 amide bonds. The zero-order chi connectivity index (χ0) is 14.8. The third kappa shape index (κ3) is 7.49. The van der Waals surface area contributed by atoms with Crippen LogP contribution in [-0.2, 0) is 6.42 Å². The fraction of sp³-hybridized carbons (Fsp3) is 0.688. The fourth-order valence-corrected chi connectivity index (χ4v) is 2.67. The number of guanidine groups is 1. The van der Waals surface area contributed by atoms with E-state index in [9.17, 15) is 0 Å². The van der Waals surface area contributed by atoms with Crippen LogP contribution in [0.25, 0.3) is 0 Å². The minimum atomic E-state index is 0. The van der Waals surface area contributed by atoms with Gasteiger partial charge in [-0.15, -0.1) is 24.0 Å². The molecule has 0 spiro atoms. The van der Waals surface area contributed by atoms with Crippen LogP contribution >= 0.6 is 24.0 Å². The number of halogens is 1. The van der Waals surface area contributed by atoms with Gasteiger partial charge in [-0.05, 0) is 38.1 Å². The Hall–Kier alpha value is -0.760. The number of nitrogens with zero attached hydrogens (tertiary/aromatic N) is 2. The Bertz CT molecular complexity index is 400. The Labute approximate surface area is 150 Å². The lowest BCUT2D eigenvalue weighted by molar-refractivity contribution is 0.289. The quantitative estimate of drug-likeness (QED) is 0.422. The van der Waals surface area contributed by atoms with E-state index in [2.05, 4.69) is 20.5 Å². The van der Waals surface area contributed by atoms with E-state index in [1.54, 1.807) is 6.26 Å². The first kappa shape index (κ1) is 19.3. The molecule has 1 aromatic rings. The summed E-state index contributed by atoms with van der Waals surface area (Å²) in [6, 6.07) is 3.92. The van der Waals surface area contributed by atoms with Gasteiger partial charge in [-0.25, -0.2) is 0 Å². The van der Waals surface area contributed by atoms with Crippen molar-refractivity contribution in [3.05, 3.63) is 24.2 Å². The SMILES string of the molecule is CN=C(NCCc1ccco1)NCCN1CCCCCC1.I. The fourth-order valence-electron chi connectivity index (χ4n) is 2.67. The maximum absolute atomic E-state index is 5.31. The molecule has 0 saturated carbocycles. The Morgan fingerprint density at radius 1 is 1.18 bits per heavy atom. The molecule has 0 aromatic carbocycles. The van der Waals surface area contributed by atoms with Crippen molar-refractivity contribution in [1.29, 1.82) is 0 Å². The van der Waals surface area contributed by atoms with Crippen molar-refractivity contribution in [3.8, 4) is 0 Å².